The summed E-state index contributed by atoms with van der Waals surface area (Å²) in [5.74, 6) is 0.753. The molecule has 5 heteroatoms. The van der Waals surface area contributed by atoms with Crippen molar-refractivity contribution in [3.8, 4) is 5.82 Å². The summed E-state index contributed by atoms with van der Waals surface area (Å²) in [6.45, 7) is 0. The molecular formula is C12H13N4O+. The lowest BCUT2D eigenvalue weighted by Crippen LogP contribution is -2.30. The molecule has 0 saturated heterocycles. The Labute approximate surface area is 99.3 Å². The van der Waals surface area contributed by atoms with Crippen molar-refractivity contribution in [3.63, 3.8) is 0 Å². The van der Waals surface area contributed by atoms with Crippen molar-refractivity contribution in [1.29, 1.82) is 0 Å². The SMILES string of the molecule is CN(C)c1cc[n+](-c2ccc(N=O)cn2)cc1. The molecule has 0 aliphatic heterocycles. The summed E-state index contributed by atoms with van der Waals surface area (Å²) in [5.41, 5.74) is 1.45. The van der Waals surface area contributed by atoms with Gasteiger partial charge in [0.15, 0.2) is 11.9 Å². The molecule has 0 spiro atoms. The Morgan fingerprint density at radius 1 is 1.18 bits per heavy atom. The summed E-state index contributed by atoms with van der Waals surface area (Å²) in [6.07, 6.45) is 5.30. The van der Waals surface area contributed by atoms with E-state index in [9.17, 15) is 4.91 Å². The number of hydrogen-bond donors (Lipinski definition) is 0. The topological polar surface area (TPSA) is 49.4 Å². The van der Waals surface area contributed by atoms with Crippen molar-refractivity contribution in [2.45, 2.75) is 0 Å². The molecule has 0 aromatic carbocycles. The van der Waals surface area contributed by atoms with Crippen LogP contribution in [0.25, 0.3) is 5.82 Å². The number of hydrogen-bond acceptors (Lipinski definition) is 4. The van der Waals surface area contributed by atoms with E-state index in [0.717, 1.165) is 11.5 Å². The summed E-state index contributed by atoms with van der Waals surface area (Å²) >= 11 is 0. The van der Waals surface area contributed by atoms with Crippen molar-refractivity contribution in [2.75, 3.05) is 19.0 Å². The Morgan fingerprint density at radius 3 is 2.35 bits per heavy atom. The third-order valence-electron chi connectivity index (χ3n) is 2.43. The second kappa shape index (κ2) is 4.69. The number of nitroso groups, excluding NO2 is 1. The molecule has 0 saturated carbocycles. The van der Waals surface area contributed by atoms with E-state index in [1.807, 2.05) is 48.1 Å². The molecule has 0 atom stereocenters. The molecule has 0 radical (unpaired) electrons. The molecule has 0 fully saturated rings. The molecule has 2 rings (SSSR count). The monoisotopic (exact) mass is 229 g/mol. The molecule has 0 N–H and O–H groups in total. The van der Waals surface area contributed by atoms with Crippen molar-refractivity contribution in [2.24, 2.45) is 5.18 Å². The van der Waals surface area contributed by atoms with Crippen molar-refractivity contribution < 1.29 is 4.57 Å². The minimum absolute atomic E-state index is 0.333. The largest absolute Gasteiger partial charge is 0.377 e. The van der Waals surface area contributed by atoms with Gasteiger partial charge in [0.25, 0.3) is 0 Å². The highest BCUT2D eigenvalue weighted by atomic mass is 16.3. The Hall–Kier alpha value is -2.30. The van der Waals surface area contributed by atoms with Gasteiger partial charge >= 0.3 is 5.82 Å². The number of rotatable bonds is 3. The van der Waals surface area contributed by atoms with Crippen LogP contribution >= 0.6 is 0 Å². The molecule has 86 valence electrons. The van der Waals surface area contributed by atoms with Gasteiger partial charge in [-0.2, -0.15) is 0 Å². The average Bonchev–Trinajstić information content (AvgIpc) is 2.39. The minimum Gasteiger partial charge on any atom is -0.377 e. The summed E-state index contributed by atoms with van der Waals surface area (Å²) in [7, 11) is 3.98. The third kappa shape index (κ3) is 2.44. The summed E-state index contributed by atoms with van der Waals surface area (Å²) in [4.78, 5) is 16.4. The van der Waals surface area contributed by atoms with E-state index in [2.05, 4.69) is 10.2 Å². The van der Waals surface area contributed by atoms with Crippen molar-refractivity contribution in [3.05, 3.63) is 47.8 Å². The number of nitrogens with zero attached hydrogens (tertiary/aromatic N) is 4. The van der Waals surface area contributed by atoms with Crippen LogP contribution in [0, 0.1) is 4.91 Å². The van der Waals surface area contributed by atoms with Crippen LogP contribution in [0.2, 0.25) is 0 Å². The first-order chi connectivity index (χ1) is 8.20. The van der Waals surface area contributed by atoms with E-state index in [4.69, 9.17) is 0 Å². The fourth-order valence-electron chi connectivity index (χ4n) is 1.45. The Bertz CT molecular complexity index is 505. The highest BCUT2D eigenvalue weighted by molar-refractivity contribution is 5.42. The summed E-state index contributed by atoms with van der Waals surface area (Å²) in [5, 5.41) is 2.81. The van der Waals surface area contributed by atoms with Gasteiger partial charge in [0.05, 0.1) is 12.4 Å². The lowest BCUT2D eigenvalue weighted by Gasteiger charge is -2.10. The van der Waals surface area contributed by atoms with Gasteiger partial charge in [0.2, 0.25) is 0 Å². The van der Waals surface area contributed by atoms with E-state index in [1.165, 1.54) is 6.20 Å². The number of pyridine rings is 2. The van der Waals surface area contributed by atoms with E-state index in [0.29, 0.717) is 5.69 Å². The first-order valence-electron chi connectivity index (χ1n) is 5.19. The van der Waals surface area contributed by atoms with Crippen molar-refractivity contribution >= 4 is 11.4 Å². The predicted molar refractivity (Wildman–Crippen MR) is 65.6 cm³/mol. The van der Waals surface area contributed by atoms with Crippen LogP contribution in [-0.4, -0.2) is 19.1 Å². The smallest absolute Gasteiger partial charge is 0.327 e. The molecular weight excluding hydrogens is 216 g/mol. The van der Waals surface area contributed by atoms with Gasteiger partial charge in [0.1, 0.15) is 0 Å². The van der Waals surface area contributed by atoms with Crippen LogP contribution in [-0.2, 0) is 0 Å². The molecule has 0 aliphatic carbocycles. The third-order valence-corrected chi connectivity index (χ3v) is 2.43. The van der Waals surface area contributed by atoms with Crippen LogP contribution in [0.3, 0.4) is 0 Å². The van der Waals surface area contributed by atoms with Crippen LogP contribution in [0.1, 0.15) is 0 Å². The maximum absolute atomic E-state index is 10.3. The van der Waals surface area contributed by atoms with Crippen LogP contribution in [0.4, 0.5) is 11.4 Å². The van der Waals surface area contributed by atoms with Crippen LogP contribution in [0.15, 0.2) is 48.0 Å². The molecule has 17 heavy (non-hydrogen) atoms. The fraction of sp³-hybridized carbons (Fsp3) is 0.167. The second-order valence-electron chi connectivity index (χ2n) is 3.82. The standard InChI is InChI=1S/C12H13N4O/c1-15(2)11-5-7-16(8-6-11)12-4-3-10(14-17)9-13-12/h3-9H,1-2H3/q+1. The first kappa shape index (κ1) is 11.2. The molecule has 0 unspecified atom stereocenters. The Balaban J connectivity index is 2.29. The zero-order valence-electron chi connectivity index (χ0n) is 9.74. The maximum Gasteiger partial charge on any atom is 0.327 e. The van der Waals surface area contributed by atoms with Crippen LogP contribution < -0.4 is 9.47 Å². The zero-order valence-corrected chi connectivity index (χ0v) is 9.74. The van der Waals surface area contributed by atoms with E-state index in [-0.39, 0.29) is 0 Å². The van der Waals surface area contributed by atoms with Gasteiger partial charge in [-0.3, -0.25) is 0 Å². The molecule has 2 aromatic rings. The first-order valence-corrected chi connectivity index (χ1v) is 5.19. The van der Waals surface area contributed by atoms with Crippen LogP contribution in [0.5, 0.6) is 0 Å². The summed E-state index contributed by atoms with van der Waals surface area (Å²) in [6, 6.07) is 7.38. The molecule has 0 aliphatic rings. The fourth-order valence-corrected chi connectivity index (χ4v) is 1.45. The van der Waals surface area contributed by atoms with Gasteiger partial charge in [0, 0.05) is 38.0 Å². The summed E-state index contributed by atoms with van der Waals surface area (Å²) < 4.78 is 1.88. The molecule has 0 amide bonds. The van der Waals surface area contributed by atoms with Gasteiger partial charge < -0.3 is 4.90 Å². The second-order valence-corrected chi connectivity index (χ2v) is 3.82. The highest BCUT2D eigenvalue weighted by Gasteiger charge is 2.07. The average molecular weight is 229 g/mol. The van der Waals surface area contributed by atoms with Gasteiger partial charge in [-0.05, 0) is 16.2 Å². The quantitative estimate of drug-likeness (QED) is 0.596. The van der Waals surface area contributed by atoms with E-state index < -0.39 is 0 Å². The Kier molecular flexibility index (Phi) is 3.09. The molecule has 0 bridgehead atoms. The lowest BCUT2D eigenvalue weighted by atomic mass is 10.3. The van der Waals surface area contributed by atoms with Gasteiger partial charge in [-0.25, -0.2) is 4.57 Å². The molecule has 2 aromatic heterocycles. The molecule has 5 nitrogen and oxygen atoms in total. The normalized spacial score (nSPS) is 10.0. The van der Waals surface area contributed by atoms with E-state index >= 15 is 0 Å². The zero-order chi connectivity index (χ0) is 12.3. The predicted octanol–water partition coefficient (Wildman–Crippen LogP) is 1.82. The maximum atomic E-state index is 10.3. The highest BCUT2D eigenvalue weighted by Crippen LogP contribution is 2.10. The van der Waals surface area contributed by atoms with Crippen molar-refractivity contribution in [1.82, 2.24) is 4.98 Å². The molecule has 2 heterocycles. The van der Waals surface area contributed by atoms with Gasteiger partial charge in [-0.15, -0.1) is 4.91 Å². The Morgan fingerprint density at radius 2 is 1.88 bits per heavy atom. The van der Waals surface area contributed by atoms with E-state index in [1.54, 1.807) is 12.1 Å². The van der Waals surface area contributed by atoms with Gasteiger partial charge in [-0.1, -0.05) is 0 Å². The number of aromatic nitrogens is 2. The number of anilines is 1. The lowest BCUT2D eigenvalue weighted by molar-refractivity contribution is -0.599. The minimum atomic E-state index is 0.333.